The predicted molar refractivity (Wildman–Crippen MR) is 63.6 cm³/mol. The lowest BCUT2D eigenvalue weighted by atomic mass is 10.0. The first-order chi connectivity index (χ1) is 8.15. The standard InChI is InChI=1S/C12H21N3O2/c1-8(2)5-10(13)6-11-14-12(15-17-11)9-3-4-16-7-9/h8-10H,3-7,13H2,1-2H3. The van der Waals surface area contributed by atoms with Gasteiger partial charge in [0.2, 0.25) is 5.89 Å². The number of hydrogen-bond donors (Lipinski definition) is 1. The van der Waals surface area contributed by atoms with E-state index in [0.29, 0.717) is 30.8 Å². The predicted octanol–water partition coefficient (Wildman–Crippen LogP) is 1.49. The summed E-state index contributed by atoms with van der Waals surface area (Å²) in [7, 11) is 0. The second kappa shape index (κ2) is 5.60. The molecule has 1 aromatic rings. The first kappa shape index (κ1) is 12.5. The smallest absolute Gasteiger partial charge is 0.228 e. The molecule has 17 heavy (non-hydrogen) atoms. The minimum atomic E-state index is 0.100. The van der Waals surface area contributed by atoms with Gasteiger partial charge in [-0.15, -0.1) is 0 Å². The molecule has 5 nitrogen and oxygen atoms in total. The molecular formula is C12H21N3O2. The van der Waals surface area contributed by atoms with E-state index in [4.69, 9.17) is 15.0 Å². The maximum Gasteiger partial charge on any atom is 0.228 e. The third-order valence-electron chi connectivity index (χ3n) is 2.99. The summed E-state index contributed by atoms with van der Waals surface area (Å²) in [4.78, 5) is 4.40. The van der Waals surface area contributed by atoms with Gasteiger partial charge in [-0.25, -0.2) is 0 Å². The van der Waals surface area contributed by atoms with Crippen LogP contribution in [0.2, 0.25) is 0 Å². The highest BCUT2D eigenvalue weighted by Gasteiger charge is 2.23. The van der Waals surface area contributed by atoms with Gasteiger partial charge in [0.15, 0.2) is 5.82 Å². The molecule has 0 bridgehead atoms. The van der Waals surface area contributed by atoms with E-state index in [9.17, 15) is 0 Å². The molecule has 0 spiro atoms. The molecule has 0 radical (unpaired) electrons. The molecule has 0 aromatic carbocycles. The quantitative estimate of drug-likeness (QED) is 0.842. The van der Waals surface area contributed by atoms with Crippen molar-refractivity contribution in [3.05, 3.63) is 11.7 Å². The van der Waals surface area contributed by atoms with Crippen LogP contribution in [0.15, 0.2) is 4.52 Å². The lowest BCUT2D eigenvalue weighted by Crippen LogP contribution is -2.24. The largest absolute Gasteiger partial charge is 0.381 e. The van der Waals surface area contributed by atoms with E-state index >= 15 is 0 Å². The number of nitrogens with two attached hydrogens (primary N) is 1. The minimum absolute atomic E-state index is 0.100. The average Bonchev–Trinajstić information content (AvgIpc) is 2.84. The molecule has 0 saturated carbocycles. The van der Waals surface area contributed by atoms with Gasteiger partial charge in [0.25, 0.3) is 0 Å². The van der Waals surface area contributed by atoms with Crippen molar-refractivity contribution in [2.45, 2.75) is 45.1 Å². The topological polar surface area (TPSA) is 74.2 Å². The Morgan fingerprint density at radius 1 is 1.47 bits per heavy atom. The van der Waals surface area contributed by atoms with Crippen molar-refractivity contribution in [2.75, 3.05) is 13.2 Å². The molecule has 2 heterocycles. The lowest BCUT2D eigenvalue weighted by Gasteiger charge is -2.10. The molecule has 1 aromatic heterocycles. The van der Waals surface area contributed by atoms with Crippen LogP contribution in [0.3, 0.4) is 0 Å². The van der Waals surface area contributed by atoms with Crippen LogP contribution in [-0.2, 0) is 11.2 Å². The van der Waals surface area contributed by atoms with Gasteiger partial charge in [0, 0.05) is 25.0 Å². The molecule has 2 atom stereocenters. The van der Waals surface area contributed by atoms with Gasteiger partial charge in [-0.3, -0.25) is 0 Å². The zero-order valence-electron chi connectivity index (χ0n) is 10.6. The van der Waals surface area contributed by atoms with Crippen LogP contribution in [0, 0.1) is 5.92 Å². The summed E-state index contributed by atoms with van der Waals surface area (Å²) in [6.45, 7) is 5.82. The third kappa shape index (κ3) is 3.51. The minimum Gasteiger partial charge on any atom is -0.381 e. The maximum atomic E-state index is 6.02. The summed E-state index contributed by atoms with van der Waals surface area (Å²) < 4.78 is 10.5. The molecule has 0 aliphatic carbocycles. The monoisotopic (exact) mass is 239 g/mol. The second-order valence-electron chi connectivity index (χ2n) is 5.20. The molecule has 1 aliphatic rings. The molecule has 2 unspecified atom stereocenters. The summed E-state index contributed by atoms with van der Waals surface area (Å²) in [6.07, 6.45) is 2.63. The van der Waals surface area contributed by atoms with E-state index in [1.807, 2.05) is 0 Å². The van der Waals surface area contributed by atoms with E-state index in [1.165, 1.54) is 0 Å². The molecule has 5 heteroatoms. The van der Waals surface area contributed by atoms with E-state index in [1.54, 1.807) is 0 Å². The molecule has 2 rings (SSSR count). The van der Waals surface area contributed by atoms with E-state index in [-0.39, 0.29) is 6.04 Å². The fourth-order valence-electron chi connectivity index (χ4n) is 2.17. The Balaban J connectivity index is 1.89. The van der Waals surface area contributed by atoms with E-state index < -0.39 is 0 Å². The molecule has 0 amide bonds. The fraction of sp³-hybridized carbons (Fsp3) is 0.833. The number of nitrogens with zero attached hydrogens (tertiary/aromatic N) is 2. The SMILES string of the molecule is CC(C)CC(N)Cc1nc(C2CCOC2)no1. The summed E-state index contributed by atoms with van der Waals surface area (Å²) in [6, 6.07) is 0.100. The number of aromatic nitrogens is 2. The average molecular weight is 239 g/mol. The van der Waals surface area contributed by atoms with Gasteiger partial charge in [0.1, 0.15) is 0 Å². The Hall–Kier alpha value is -0.940. The van der Waals surface area contributed by atoms with Crippen molar-refractivity contribution in [3.8, 4) is 0 Å². The Labute approximate surface area is 102 Å². The van der Waals surface area contributed by atoms with Crippen LogP contribution in [0.5, 0.6) is 0 Å². The zero-order chi connectivity index (χ0) is 12.3. The van der Waals surface area contributed by atoms with Crippen LogP contribution >= 0.6 is 0 Å². The van der Waals surface area contributed by atoms with Gasteiger partial charge in [0.05, 0.1) is 6.61 Å². The van der Waals surface area contributed by atoms with Gasteiger partial charge in [-0.2, -0.15) is 4.98 Å². The van der Waals surface area contributed by atoms with Crippen molar-refractivity contribution in [2.24, 2.45) is 11.7 Å². The van der Waals surface area contributed by atoms with Gasteiger partial charge in [-0.05, 0) is 18.8 Å². The highest BCUT2D eigenvalue weighted by atomic mass is 16.5. The van der Waals surface area contributed by atoms with Crippen LogP contribution in [0.25, 0.3) is 0 Å². The summed E-state index contributed by atoms with van der Waals surface area (Å²) in [5.74, 6) is 2.32. The van der Waals surface area contributed by atoms with E-state index in [0.717, 1.165) is 25.3 Å². The van der Waals surface area contributed by atoms with Gasteiger partial charge >= 0.3 is 0 Å². The van der Waals surface area contributed by atoms with Crippen LogP contribution in [0.4, 0.5) is 0 Å². The zero-order valence-corrected chi connectivity index (χ0v) is 10.6. The summed E-state index contributed by atoms with van der Waals surface area (Å²) in [5.41, 5.74) is 6.02. The number of ether oxygens (including phenoxy) is 1. The molecule has 2 N–H and O–H groups in total. The second-order valence-corrected chi connectivity index (χ2v) is 5.20. The van der Waals surface area contributed by atoms with Crippen LogP contribution < -0.4 is 5.73 Å². The van der Waals surface area contributed by atoms with Crippen molar-refractivity contribution < 1.29 is 9.26 Å². The molecule has 1 saturated heterocycles. The Kier molecular flexibility index (Phi) is 4.12. The molecule has 96 valence electrons. The van der Waals surface area contributed by atoms with Crippen LogP contribution in [0.1, 0.15) is 44.3 Å². The van der Waals surface area contributed by atoms with Gasteiger partial charge in [-0.1, -0.05) is 19.0 Å². The molecule has 1 aliphatic heterocycles. The third-order valence-corrected chi connectivity index (χ3v) is 2.99. The Bertz CT molecular complexity index is 345. The number of rotatable bonds is 5. The van der Waals surface area contributed by atoms with Crippen molar-refractivity contribution in [3.63, 3.8) is 0 Å². The van der Waals surface area contributed by atoms with Crippen molar-refractivity contribution >= 4 is 0 Å². The molecule has 1 fully saturated rings. The maximum absolute atomic E-state index is 6.02. The summed E-state index contributed by atoms with van der Waals surface area (Å²) in [5, 5.41) is 4.01. The normalized spacial score (nSPS) is 22.2. The first-order valence-electron chi connectivity index (χ1n) is 6.31. The Morgan fingerprint density at radius 3 is 2.94 bits per heavy atom. The molecular weight excluding hydrogens is 218 g/mol. The van der Waals surface area contributed by atoms with Crippen molar-refractivity contribution in [1.82, 2.24) is 10.1 Å². The van der Waals surface area contributed by atoms with Crippen molar-refractivity contribution in [1.29, 1.82) is 0 Å². The first-order valence-corrected chi connectivity index (χ1v) is 6.31. The highest BCUT2D eigenvalue weighted by Crippen LogP contribution is 2.22. The lowest BCUT2D eigenvalue weighted by molar-refractivity contribution is 0.192. The van der Waals surface area contributed by atoms with E-state index in [2.05, 4.69) is 24.0 Å². The van der Waals surface area contributed by atoms with Crippen LogP contribution in [-0.4, -0.2) is 29.4 Å². The fourth-order valence-corrected chi connectivity index (χ4v) is 2.17. The Morgan fingerprint density at radius 2 is 2.29 bits per heavy atom. The highest BCUT2D eigenvalue weighted by molar-refractivity contribution is 4.98. The van der Waals surface area contributed by atoms with Gasteiger partial charge < -0.3 is 15.0 Å². The summed E-state index contributed by atoms with van der Waals surface area (Å²) >= 11 is 0. The number of hydrogen-bond acceptors (Lipinski definition) is 5.